The van der Waals surface area contributed by atoms with Crippen molar-refractivity contribution in [1.29, 1.82) is 0 Å². The molecule has 0 bridgehead atoms. The molecule has 27 heavy (non-hydrogen) atoms. The van der Waals surface area contributed by atoms with Crippen molar-refractivity contribution in [3.05, 3.63) is 30.0 Å². The molecule has 4 rings (SSSR count). The highest BCUT2D eigenvalue weighted by Gasteiger charge is 2.35. The Balaban J connectivity index is 1.60. The molecule has 146 valence electrons. The third kappa shape index (κ3) is 4.17. The van der Waals surface area contributed by atoms with Gasteiger partial charge in [-0.15, -0.1) is 0 Å². The van der Waals surface area contributed by atoms with E-state index in [1.54, 1.807) is 0 Å². The smallest absolute Gasteiger partial charge is 0.330 e. The summed E-state index contributed by atoms with van der Waals surface area (Å²) in [6, 6.07) is 7.29. The fourth-order valence-corrected chi connectivity index (χ4v) is 4.22. The first-order valence-corrected chi connectivity index (χ1v) is 10.2. The number of rotatable bonds is 4. The van der Waals surface area contributed by atoms with Crippen LogP contribution in [-0.2, 0) is 9.53 Å². The maximum Gasteiger partial charge on any atom is 0.330 e. The van der Waals surface area contributed by atoms with E-state index in [4.69, 9.17) is 9.26 Å². The van der Waals surface area contributed by atoms with Crippen LogP contribution in [0, 0.1) is 0 Å². The van der Waals surface area contributed by atoms with Crippen LogP contribution < -0.4 is 0 Å². The molecule has 0 N–H and O–H groups in total. The second-order valence-electron chi connectivity index (χ2n) is 7.86. The van der Waals surface area contributed by atoms with E-state index in [1.165, 1.54) is 12.8 Å². The van der Waals surface area contributed by atoms with Crippen LogP contribution >= 0.6 is 0 Å². The molecule has 2 aliphatic rings. The second kappa shape index (κ2) is 8.40. The molecule has 2 saturated heterocycles. The van der Waals surface area contributed by atoms with E-state index in [2.05, 4.69) is 22.0 Å². The SMILES string of the molecule is CN1CCC(OC(=O)C(c2noc3ccccc23)N2CCCCCC2)CC1. The molecule has 1 aromatic heterocycles. The van der Waals surface area contributed by atoms with Gasteiger partial charge in [0.2, 0.25) is 0 Å². The number of esters is 1. The van der Waals surface area contributed by atoms with Crippen LogP contribution in [0.5, 0.6) is 0 Å². The van der Waals surface area contributed by atoms with Gasteiger partial charge < -0.3 is 14.2 Å². The summed E-state index contributed by atoms with van der Waals surface area (Å²) in [6.07, 6.45) is 6.44. The number of fused-ring (bicyclic) bond motifs is 1. The lowest BCUT2D eigenvalue weighted by Gasteiger charge is -2.32. The number of carbonyl (C=O) groups excluding carboxylic acids is 1. The van der Waals surface area contributed by atoms with Crippen LogP contribution in [0.15, 0.2) is 28.8 Å². The molecule has 2 aromatic rings. The molecule has 2 fully saturated rings. The van der Waals surface area contributed by atoms with Crippen LogP contribution in [0.25, 0.3) is 11.0 Å². The van der Waals surface area contributed by atoms with Gasteiger partial charge in [0, 0.05) is 18.5 Å². The first-order valence-electron chi connectivity index (χ1n) is 10.2. The average Bonchev–Trinajstić information content (AvgIpc) is 2.91. The Kier molecular flexibility index (Phi) is 5.74. The number of hydrogen-bond donors (Lipinski definition) is 0. The number of likely N-dealkylation sites (tertiary alicyclic amines) is 2. The second-order valence-corrected chi connectivity index (χ2v) is 7.86. The summed E-state index contributed by atoms with van der Waals surface area (Å²) in [5.74, 6) is -0.175. The zero-order valence-electron chi connectivity index (χ0n) is 16.1. The minimum atomic E-state index is -0.480. The van der Waals surface area contributed by atoms with Crippen molar-refractivity contribution in [2.45, 2.75) is 50.7 Å². The first-order chi connectivity index (χ1) is 13.2. The van der Waals surface area contributed by atoms with Gasteiger partial charge in [0.1, 0.15) is 11.8 Å². The largest absolute Gasteiger partial charge is 0.461 e. The predicted molar refractivity (Wildman–Crippen MR) is 103 cm³/mol. The number of hydrogen-bond acceptors (Lipinski definition) is 6. The molecule has 3 heterocycles. The molecule has 6 heteroatoms. The standard InChI is InChI=1S/C21H29N3O3/c1-23-14-10-16(11-15-23)26-21(25)20(24-12-6-2-3-7-13-24)19-17-8-4-5-9-18(17)27-22-19/h4-5,8-9,16,20H,2-3,6-7,10-15H2,1H3. The van der Waals surface area contributed by atoms with Gasteiger partial charge >= 0.3 is 5.97 Å². The topological polar surface area (TPSA) is 58.8 Å². The molecule has 0 saturated carbocycles. The molecule has 0 radical (unpaired) electrons. The van der Waals surface area contributed by atoms with Crippen LogP contribution in [0.3, 0.4) is 0 Å². The minimum absolute atomic E-state index is 0.00124. The van der Waals surface area contributed by atoms with Gasteiger partial charge in [0.25, 0.3) is 0 Å². The molecule has 1 aromatic carbocycles. The molecule has 2 aliphatic heterocycles. The van der Waals surface area contributed by atoms with E-state index < -0.39 is 6.04 Å². The normalized spacial score (nSPS) is 21.8. The van der Waals surface area contributed by atoms with Gasteiger partial charge in [0.05, 0.1) is 0 Å². The summed E-state index contributed by atoms with van der Waals surface area (Å²) < 4.78 is 11.5. The monoisotopic (exact) mass is 371 g/mol. The zero-order chi connectivity index (χ0) is 18.6. The van der Waals surface area contributed by atoms with Gasteiger partial charge in [-0.2, -0.15) is 0 Å². The summed E-state index contributed by atoms with van der Waals surface area (Å²) in [6.45, 7) is 3.74. The summed E-state index contributed by atoms with van der Waals surface area (Å²) in [4.78, 5) is 17.8. The van der Waals surface area contributed by atoms with Crippen LogP contribution in [0.4, 0.5) is 0 Å². The number of ether oxygens (including phenoxy) is 1. The molecule has 0 amide bonds. The van der Waals surface area contributed by atoms with Gasteiger partial charge in [-0.1, -0.05) is 30.1 Å². The molecule has 1 unspecified atom stereocenters. The van der Waals surface area contributed by atoms with Gasteiger partial charge in [-0.25, -0.2) is 4.79 Å². The highest BCUT2D eigenvalue weighted by atomic mass is 16.5. The fraction of sp³-hybridized carbons (Fsp3) is 0.619. The average molecular weight is 371 g/mol. The molecule has 1 atom stereocenters. The Labute approximate surface area is 160 Å². The summed E-state index contributed by atoms with van der Waals surface area (Å²) in [5, 5.41) is 5.21. The minimum Gasteiger partial charge on any atom is -0.461 e. The Bertz CT molecular complexity index is 759. The van der Waals surface area contributed by atoms with Gasteiger partial charge in [0.15, 0.2) is 11.6 Å². The van der Waals surface area contributed by atoms with Crippen LogP contribution in [0.1, 0.15) is 50.3 Å². The first kappa shape index (κ1) is 18.4. The number of piperidine rings is 1. The van der Waals surface area contributed by atoms with Crippen LogP contribution in [-0.4, -0.2) is 60.3 Å². The van der Waals surface area contributed by atoms with Crippen molar-refractivity contribution in [3.8, 4) is 0 Å². The lowest BCUT2D eigenvalue weighted by molar-refractivity contribution is -0.158. The summed E-state index contributed by atoms with van der Waals surface area (Å²) in [7, 11) is 2.11. The van der Waals surface area contributed by atoms with E-state index in [0.717, 1.165) is 62.8 Å². The number of carbonyl (C=O) groups is 1. The third-order valence-electron chi connectivity index (χ3n) is 5.84. The van der Waals surface area contributed by atoms with E-state index in [0.29, 0.717) is 5.69 Å². The van der Waals surface area contributed by atoms with E-state index >= 15 is 0 Å². The Morgan fingerprint density at radius 1 is 1.11 bits per heavy atom. The Hall–Kier alpha value is -1.92. The van der Waals surface area contributed by atoms with Crippen molar-refractivity contribution in [2.75, 3.05) is 33.2 Å². The number of aromatic nitrogens is 1. The lowest BCUT2D eigenvalue weighted by atomic mass is 10.1. The van der Waals surface area contributed by atoms with Gasteiger partial charge in [-0.05, 0) is 58.0 Å². The van der Waals surface area contributed by atoms with Crippen molar-refractivity contribution < 1.29 is 14.1 Å². The zero-order valence-corrected chi connectivity index (χ0v) is 16.1. The summed E-state index contributed by atoms with van der Waals surface area (Å²) in [5.41, 5.74) is 1.42. The molecule has 6 nitrogen and oxygen atoms in total. The third-order valence-corrected chi connectivity index (χ3v) is 5.84. The van der Waals surface area contributed by atoms with Gasteiger partial charge in [-0.3, -0.25) is 4.90 Å². The van der Waals surface area contributed by atoms with Crippen molar-refractivity contribution in [1.82, 2.24) is 15.0 Å². The van der Waals surface area contributed by atoms with E-state index in [9.17, 15) is 4.79 Å². The maximum absolute atomic E-state index is 13.3. The quantitative estimate of drug-likeness (QED) is 0.768. The van der Waals surface area contributed by atoms with E-state index in [1.807, 2.05) is 24.3 Å². The lowest BCUT2D eigenvalue weighted by Crippen LogP contribution is -2.40. The number of benzene rings is 1. The number of para-hydroxylation sites is 1. The van der Waals surface area contributed by atoms with Crippen LogP contribution in [0.2, 0.25) is 0 Å². The molecule has 0 spiro atoms. The molecular weight excluding hydrogens is 342 g/mol. The van der Waals surface area contributed by atoms with Crippen molar-refractivity contribution in [3.63, 3.8) is 0 Å². The highest BCUT2D eigenvalue weighted by molar-refractivity contribution is 5.87. The Morgan fingerprint density at radius 3 is 2.56 bits per heavy atom. The Morgan fingerprint density at radius 2 is 1.81 bits per heavy atom. The maximum atomic E-state index is 13.3. The highest BCUT2D eigenvalue weighted by Crippen LogP contribution is 2.31. The number of nitrogens with zero attached hydrogens (tertiary/aromatic N) is 3. The van der Waals surface area contributed by atoms with Crippen molar-refractivity contribution in [2.24, 2.45) is 0 Å². The van der Waals surface area contributed by atoms with E-state index in [-0.39, 0.29) is 12.1 Å². The fourth-order valence-electron chi connectivity index (χ4n) is 4.22. The molecular formula is C21H29N3O3. The van der Waals surface area contributed by atoms with Crippen molar-refractivity contribution >= 4 is 16.9 Å². The summed E-state index contributed by atoms with van der Waals surface area (Å²) >= 11 is 0. The molecule has 0 aliphatic carbocycles. The predicted octanol–water partition coefficient (Wildman–Crippen LogP) is 3.38.